The second kappa shape index (κ2) is 6.78. The van der Waals surface area contributed by atoms with Crippen molar-refractivity contribution >= 4 is 17.3 Å². The average Bonchev–Trinajstić information content (AvgIpc) is 2.54. The molecule has 1 aromatic heterocycles. The molecule has 0 aliphatic carbocycles. The lowest BCUT2D eigenvalue weighted by Crippen LogP contribution is -2.04. The number of nitrogens with zero attached hydrogens (tertiary/aromatic N) is 2. The van der Waals surface area contributed by atoms with E-state index >= 15 is 0 Å². The summed E-state index contributed by atoms with van der Waals surface area (Å²) >= 11 is 0. The maximum absolute atomic E-state index is 5.37. The largest absolute Gasteiger partial charge is 0.497 e. The summed E-state index contributed by atoms with van der Waals surface area (Å²) in [6.07, 6.45) is 0.768. The van der Waals surface area contributed by atoms with Crippen LogP contribution in [0.3, 0.4) is 0 Å². The topological polar surface area (TPSA) is 68.3 Å². The van der Waals surface area contributed by atoms with Crippen LogP contribution in [-0.2, 0) is 6.42 Å². The lowest BCUT2D eigenvalue weighted by Gasteiger charge is -2.13. The average molecular weight is 288 g/mol. The molecule has 2 aromatic rings. The van der Waals surface area contributed by atoms with Crippen molar-refractivity contribution in [3.63, 3.8) is 0 Å². The van der Waals surface area contributed by atoms with Gasteiger partial charge in [-0.05, 0) is 12.1 Å². The van der Waals surface area contributed by atoms with Gasteiger partial charge in [0.1, 0.15) is 29.0 Å². The van der Waals surface area contributed by atoms with Crippen molar-refractivity contribution < 1.29 is 9.47 Å². The molecule has 2 rings (SSSR count). The molecular formula is C15H20N4O2. The molecule has 0 spiro atoms. The number of hydrogen-bond donors (Lipinski definition) is 2. The molecule has 112 valence electrons. The van der Waals surface area contributed by atoms with Gasteiger partial charge in [0.15, 0.2) is 0 Å². The molecule has 0 aliphatic rings. The Kier molecular flexibility index (Phi) is 4.81. The van der Waals surface area contributed by atoms with Crippen LogP contribution in [0.15, 0.2) is 24.3 Å². The van der Waals surface area contributed by atoms with Gasteiger partial charge in [-0.25, -0.2) is 9.97 Å². The fourth-order valence-corrected chi connectivity index (χ4v) is 1.89. The summed E-state index contributed by atoms with van der Waals surface area (Å²) in [5, 5.41) is 6.28. The van der Waals surface area contributed by atoms with Gasteiger partial charge in [-0.15, -0.1) is 0 Å². The Labute approximate surface area is 124 Å². The van der Waals surface area contributed by atoms with E-state index in [1.54, 1.807) is 14.2 Å². The van der Waals surface area contributed by atoms with Crippen LogP contribution in [0.1, 0.15) is 12.7 Å². The molecule has 0 unspecified atom stereocenters. The minimum atomic E-state index is 0.692. The number of anilines is 3. The SMILES string of the molecule is CCc1nc(NC)cc(Nc2ccc(OC)cc2OC)n1. The zero-order valence-corrected chi connectivity index (χ0v) is 12.7. The summed E-state index contributed by atoms with van der Waals surface area (Å²) in [6.45, 7) is 2.02. The van der Waals surface area contributed by atoms with E-state index in [4.69, 9.17) is 9.47 Å². The molecule has 21 heavy (non-hydrogen) atoms. The first-order valence-corrected chi connectivity index (χ1v) is 6.75. The molecule has 6 heteroatoms. The molecule has 0 amide bonds. The molecular weight excluding hydrogens is 268 g/mol. The molecule has 0 saturated heterocycles. The predicted molar refractivity (Wildman–Crippen MR) is 83.8 cm³/mol. The normalized spacial score (nSPS) is 10.1. The van der Waals surface area contributed by atoms with Gasteiger partial charge in [-0.2, -0.15) is 0 Å². The Bertz CT molecular complexity index is 594. The van der Waals surface area contributed by atoms with Crippen LogP contribution in [0.4, 0.5) is 17.3 Å². The van der Waals surface area contributed by atoms with Gasteiger partial charge in [-0.3, -0.25) is 0 Å². The number of ether oxygens (including phenoxy) is 2. The Morgan fingerprint density at radius 1 is 1.05 bits per heavy atom. The van der Waals surface area contributed by atoms with Crippen molar-refractivity contribution in [3.05, 3.63) is 30.1 Å². The third-order valence-electron chi connectivity index (χ3n) is 3.02. The van der Waals surface area contributed by atoms with Gasteiger partial charge >= 0.3 is 0 Å². The van der Waals surface area contributed by atoms with E-state index in [1.807, 2.05) is 38.2 Å². The van der Waals surface area contributed by atoms with Crippen LogP contribution in [0.5, 0.6) is 11.5 Å². The first-order valence-electron chi connectivity index (χ1n) is 6.75. The predicted octanol–water partition coefficient (Wildman–Crippen LogP) is 2.84. The van der Waals surface area contributed by atoms with Crippen LogP contribution in [0, 0.1) is 0 Å². The summed E-state index contributed by atoms with van der Waals surface area (Å²) < 4.78 is 10.6. The Balaban J connectivity index is 2.33. The first kappa shape index (κ1) is 14.9. The van der Waals surface area contributed by atoms with Crippen LogP contribution >= 0.6 is 0 Å². The van der Waals surface area contributed by atoms with E-state index in [2.05, 4.69) is 20.6 Å². The number of methoxy groups -OCH3 is 2. The number of benzene rings is 1. The standard InChI is InChI=1S/C15H20N4O2/c1-5-13-18-14(16-2)9-15(19-13)17-11-7-6-10(20-3)8-12(11)21-4/h6-9H,5H2,1-4H3,(H2,16,17,18,19). The molecule has 0 bridgehead atoms. The number of hydrogen-bond acceptors (Lipinski definition) is 6. The quantitative estimate of drug-likeness (QED) is 0.852. The van der Waals surface area contributed by atoms with Gasteiger partial charge in [0.25, 0.3) is 0 Å². The molecule has 0 radical (unpaired) electrons. The smallest absolute Gasteiger partial charge is 0.146 e. The third-order valence-corrected chi connectivity index (χ3v) is 3.02. The van der Waals surface area contributed by atoms with E-state index < -0.39 is 0 Å². The maximum Gasteiger partial charge on any atom is 0.146 e. The lowest BCUT2D eigenvalue weighted by atomic mass is 10.2. The highest BCUT2D eigenvalue weighted by Crippen LogP contribution is 2.31. The van der Waals surface area contributed by atoms with Crippen LogP contribution < -0.4 is 20.1 Å². The highest BCUT2D eigenvalue weighted by atomic mass is 16.5. The summed E-state index contributed by atoms with van der Waals surface area (Å²) in [5.41, 5.74) is 0.820. The van der Waals surface area contributed by atoms with E-state index in [0.717, 1.165) is 35.3 Å². The second-order valence-corrected chi connectivity index (χ2v) is 4.35. The van der Waals surface area contributed by atoms with Crippen LogP contribution in [-0.4, -0.2) is 31.2 Å². The molecule has 1 aromatic carbocycles. The van der Waals surface area contributed by atoms with E-state index in [-0.39, 0.29) is 0 Å². The van der Waals surface area contributed by atoms with Gasteiger partial charge in [-0.1, -0.05) is 6.92 Å². The van der Waals surface area contributed by atoms with E-state index in [1.165, 1.54) is 0 Å². The van der Waals surface area contributed by atoms with Gasteiger partial charge in [0.05, 0.1) is 19.9 Å². The van der Waals surface area contributed by atoms with Crippen LogP contribution in [0.2, 0.25) is 0 Å². The number of aryl methyl sites for hydroxylation is 1. The summed E-state index contributed by atoms with van der Waals surface area (Å²) in [7, 11) is 5.08. The molecule has 1 heterocycles. The van der Waals surface area contributed by atoms with E-state index in [0.29, 0.717) is 5.75 Å². The minimum absolute atomic E-state index is 0.692. The van der Waals surface area contributed by atoms with Gasteiger partial charge in [0.2, 0.25) is 0 Å². The summed E-state index contributed by atoms with van der Waals surface area (Å²) in [5.74, 6) is 3.70. The van der Waals surface area contributed by atoms with Crippen LogP contribution in [0.25, 0.3) is 0 Å². The fraction of sp³-hybridized carbons (Fsp3) is 0.333. The Hall–Kier alpha value is -2.50. The Morgan fingerprint density at radius 3 is 2.43 bits per heavy atom. The van der Waals surface area contributed by atoms with Crippen molar-refractivity contribution in [2.75, 3.05) is 31.9 Å². The van der Waals surface area contributed by atoms with Gasteiger partial charge < -0.3 is 20.1 Å². The summed E-state index contributed by atoms with van der Waals surface area (Å²) in [6, 6.07) is 7.43. The number of nitrogens with one attached hydrogen (secondary N) is 2. The van der Waals surface area contributed by atoms with Crippen molar-refractivity contribution in [1.29, 1.82) is 0 Å². The summed E-state index contributed by atoms with van der Waals surface area (Å²) in [4.78, 5) is 8.83. The minimum Gasteiger partial charge on any atom is -0.497 e. The van der Waals surface area contributed by atoms with E-state index in [9.17, 15) is 0 Å². The maximum atomic E-state index is 5.37. The van der Waals surface area contributed by atoms with Crippen molar-refractivity contribution in [1.82, 2.24) is 9.97 Å². The molecule has 0 saturated carbocycles. The van der Waals surface area contributed by atoms with Crippen molar-refractivity contribution in [3.8, 4) is 11.5 Å². The monoisotopic (exact) mass is 288 g/mol. The first-order chi connectivity index (χ1) is 10.2. The fourth-order valence-electron chi connectivity index (χ4n) is 1.89. The highest BCUT2D eigenvalue weighted by molar-refractivity contribution is 5.67. The van der Waals surface area contributed by atoms with Crippen molar-refractivity contribution in [2.24, 2.45) is 0 Å². The zero-order valence-electron chi connectivity index (χ0n) is 12.7. The molecule has 6 nitrogen and oxygen atoms in total. The lowest BCUT2D eigenvalue weighted by molar-refractivity contribution is 0.395. The number of aromatic nitrogens is 2. The highest BCUT2D eigenvalue weighted by Gasteiger charge is 2.08. The molecule has 0 aliphatic heterocycles. The van der Waals surface area contributed by atoms with Gasteiger partial charge in [0, 0.05) is 25.6 Å². The molecule has 2 N–H and O–H groups in total. The third kappa shape index (κ3) is 3.53. The molecule has 0 fully saturated rings. The van der Waals surface area contributed by atoms with Crippen molar-refractivity contribution in [2.45, 2.75) is 13.3 Å². The second-order valence-electron chi connectivity index (χ2n) is 4.35. The number of rotatable bonds is 6. The Morgan fingerprint density at radius 2 is 1.81 bits per heavy atom. The zero-order chi connectivity index (χ0) is 15.2. The molecule has 0 atom stereocenters.